The summed E-state index contributed by atoms with van der Waals surface area (Å²) in [5, 5.41) is 0. The number of anilines is 1. The minimum atomic E-state index is 0.205. The van der Waals surface area contributed by atoms with Crippen molar-refractivity contribution >= 4 is 11.5 Å². The molecule has 0 N–H and O–H groups in total. The van der Waals surface area contributed by atoms with Gasteiger partial charge in [0.2, 0.25) is 0 Å². The third kappa shape index (κ3) is 9.61. The van der Waals surface area contributed by atoms with Gasteiger partial charge in [-0.2, -0.15) is 0 Å². The van der Waals surface area contributed by atoms with E-state index in [1.54, 1.807) is 0 Å². The molecule has 2 rings (SSSR count). The summed E-state index contributed by atoms with van der Waals surface area (Å²) in [6.45, 7) is 10.8. The van der Waals surface area contributed by atoms with E-state index >= 15 is 0 Å². The van der Waals surface area contributed by atoms with Gasteiger partial charge in [0, 0.05) is 50.7 Å². The van der Waals surface area contributed by atoms with Crippen LogP contribution in [-0.4, -0.2) is 62.4 Å². The number of carbonyl (C=O) groups excluding carboxylic acids is 1. The first kappa shape index (κ1) is 24.9. The third-order valence-electron chi connectivity index (χ3n) is 6.36. The highest BCUT2D eigenvalue weighted by atomic mass is 16.1. The molecule has 1 aromatic rings. The molecule has 1 aromatic carbocycles. The van der Waals surface area contributed by atoms with Gasteiger partial charge in [-0.1, -0.05) is 58.1 Å². The van der Waals surface area contributed by atoms with Gasteiger partial charge in [0.15, 0.2) is 0 Å². The van der Waals surface area contributed by atoms with Gasteiger partial charge in [-0.15, -0.1) is 0 Å². The molecule has 0 aliphatic carbocycles. The largest absolute Gasteiger partial charge is 0.369 e. The first-order chi connectivity index (χ1) is 14.5. The van der Waals surface area contributed by atoms with Crippen LogP contribution in [0, 0.1) is 5.92 Å². The fourth-order valence-corrected chi connectivity index (χ4v) is 4.12. The van der Waals surface area contributed by atoms with Crippen molar-refractivity contribution in [3.05, 3.63) is 29.8 Å². The van der Waals surface area contributed by atoms with Crippen molar-refractivity contribution in [1.29, 1.82) is 0 Å². The maximum atomic E-state index is 11.6. The summed E-state index contributed by atoms with van der Waals surface area (Å²) in [4.78, 5) is 18.9. The molecular formula is C26H45N3O. The van der Waals surface area contributed by atoms with Gasteiger partial charge in [0.1, 0.15) is 5.78 Å². The quantitative estimate of drug-likeness (QED) is 0.389. The van der Waals surface area contributed by atoms with Gasteiger partial charge < -0.3 is 14.7 Å². The number of hydrogen-bond donors (Lipinski definition) is 0. The Labute approximate surface area is 185 Å². The molecular weight excluding hydrogens is 370 g/mol. The fraction of sp³-hybridized carbons (Fsp3) is 0.731. The molecule has 1 heterocycles. The molecule has 1 aliphatic rings. The lowest BCUT2D eigenvalue weighted by Gasteiger charge is -2.34. The first-order valence-corrected chi connectivity index (χ1v) is 12.2. The van der Waals surface area contributed by atoms with Gasteiger partial charge in [-0.25, -0.2) is 0 Å². The zero-order chi connectivity index (χ0) is 21.8. The van der Waals surface area contributed by atoms with Gasteiger partial charge >= 0.3 is 0 Å². The SMILES string of the molecule is CC(C)C(=O)CCCCCCCCCN(C)Cc1ccc(N2CCN(C)CC2)cc1. The molecule has 0 unspecified atom stereocenters. The lowest BCUT2D eigenvalue weighted by molar-refractivity contribution is -0.122. The van der Waals surface area contributed by atoms with Gasteiger partial charge in [0.25, 0.3) is 0 Å². The molecule has 30 heavy (non-hydrogen) atoms. The summed E-state index contributed by atoms with van der Waals surface area (Å²) >= 11 is 0. The van der Waals surface area contributed by atoms with Gasteiger partial charge in [0.05, 0.1) is 0 Å². The Morgan fingerprint density at radius 2 is 1.47 bits per heavy atom. The first-order valence-electron chi connectivity index (χ1n) is 12.2. The number of likely N-dealkylation sites (N-methyl/N-ethyl adjacent to an activating group) is 1. The molecule has 0 spiro atoms. The molecule has 4 heteroatoms. The summed E-state index contributed by atoms with van der Waals surface area (Å²) in [7, 11) is 4.44. The van der Waals surface area contributed by atoms with Crippen LogP contribution in [0.1, 0.15) is 70.8 Å². The number of hydrogen-bond acceptors (Lipinski definition) is 4. The van der Waals surface area contributed by atoms with E-state index in [0.29, 0.717) is 5.78 Å². The predicted molar refractivity (Wildman–Crippen MR) is 129 cm³/mol. The Balaban J connectivity index is 1.51. The predicted octanol–water partition coefficient (Wildman–Crippen LogP) is 5.22. The van der Waals surface area contributed by atoms with Crippen molar-refractivity contribution in [2.24, 2.45) is 5.92 Å². The van der Waals surface area contributed by atoms with Crippen molar-refractivity contribution in [1.82, 2.24) is 9.80 Å². The Kier molecular flexibility index (Phi) is 11.5. The maximum Gasteiger partial charge on any atom is 0.135 e. The monoisotopic (exact) mass is 415 g/mol. The lowest BCUT2D eigenvalue weighted by Crippen LogP contribution is -2.44. The van der Waals surface area contributed by atoms with E-state index < -0.39 is 0 Å². The Morgan fingerprint density at radius 3 is 2.07 bits per heavy atom. The zero-order valence-corrected chi connectivity index (χ0v) is 20.0. The van der Waals surface area contributed by atoms with Crippen molar-refractivity contribution in [3.8, 4) is 0 Å². The van der Waals surface area contributed by atoms with Crippen molar-refractivity contribution in [3.63, 3.8) is 0 Å². The number of rotatable bonds is 14. The molecule has 1 fully saturated rings. The van der Waals surface area contributed by atoms with Crippen LogP contribution >= 0.6 is 0 Å². The highest BCUT2D eigenvalue weighted by Crippen LogP contribution is 2.18. The van der Waals surface area contributed by atoms with E-state index in [2.05, 4.69) is 53.1 Å². The van der Waals surface area contributed by atoms with E-state index in [-0.39, 0.29) is 5.92 Å². The Hall–Kier alpha value is -1.39. The van der Waals surface area contributed by atoms with Crippen molar-refractivity contribution in [2.45, 2.75) is 71.8 Å². The number of unbranched alkanes of at least 4 members (excludes halogenated alkanes) is 6. The molecule has 170 valence electrons. The fourth-order valence-electron chi connectivity index (χ4n) is 4.12. The van der Waals surface area contributed by atoms with Crippen LogP contribution in [0.2, 0.25) is 0 Å². The van der Waals surface area contributed by atoms with Crippen LogP contribution in [0.5, 0.6) is 0 Å². The molecule has 1 saturated heterocycles. The van der Waals surface area contributed by atoms with Crippen LogP contribution in [0.25, 0.3) is 0 Å². The number of carbonyl (C=O) groups is 1. The molecule has 0 saturated carbocycles. The van der Waals surface area contributed by atoms with Crippen LogP contribution < -0.4 is 4.90 Å². The average Bonchev–Trinajstić information content (AvgIpc) is 2.73. The second-order valence-corrected chi connectivity index (χ2v) is 9.54. The highest BCUT2D eigenvalue weighted by Gasteiger charge is 2.14. The number of Topliss-reactive ketones (excluding diaryl/α,β-unsaturated/α-hetero) is 1. The van der Waals surface area contributed by atoms with Crippen molar-refractivity contribution < 1.29 is 4.79 Å². The van der Waals surface area contributed by atoms with Crippen LogP contribution in [0.3, 0.4) is 0 Å². The van der Waals surface area contributed by atoms with Crippen LogP contribution in [0.15, 0.2) is 24.3 Å². The third-order valence-corrected chi connectivity index (χ3v) is 6.36. The normalized spacial score (nSPS) is 15.3. The minimum absolute atomic E-state index is 0.205. The van der Waals surface area contributed by atoms with Gasteiger partial charge in [-0.3, -0.25) is 4.79 Å². The molecule has 0 radical (unpaired) electrons. The smallest absolute Gasteiger partial charge is 0.135 e. The lowest BCUT2D eigenvalue weighted by atomic mass is 10.0. The summed E-state index contributed by atoms with van der Waals surface area (Å²) in [5.41, 5.74) is 2.77. The van der Waals surface area contributed by atoms with E-state index in [1.165, 1.54) is 56.3 Å². The highest BCUT2D eigenvalue weighted by molar-refractivity contribution is 5.80. The average molecular weight is 416 g/mol. The molecule has 4 nitrogen and oxygen atoms in total. The zero-order valence-electron chi connectivity index (χ0n) is 20.0. The molecule has 1 aliphatic heterocycles. The number of nitrogens with zero attached hydrogens (tertiary/aromatic N) is 3. The summed E-state index contributed by atoms with van der Waals surface area (Å²) in [6, 6.07) is 9.19. The number of benzene rings is 1. The van der Waals surface area contributed by atoms with E-state index in [4.69, 9.17) is 0 Å². The summed E-state index contributed by atoms with van der Waals surface area (Å²) < 4.78 is 0. The molecule has 0 atom stereocenters. The second kappa shape index (κ2) is 13.8. The number of piperazine rings is 1. The number of ketones is 1. The van der Waals surface area contributed by atoms with E-state index in [0.717, 1.165) is 45.6 Å². The molecule has 0 amide bonds. The summed E-state index contributed by atoms with van der Waals surface area (Å²) in [5.74, 6) is 0.629. The minimum Gasteiger partial charge on any atom is -0.369 e. The molecule has 0 bridgehead atoms. The molecule has 0 aromatic heterocycles. The van der Waals surface area contributed by atoms with Crippen LogP contribution in [0.4, 0.5) is 5.69 Å². The second-order valence-electron chi connectivity index (χ2n) is 9.54. The van der Waals surface area contributed by atoms with E-state index in [1.807, 2.05) is 13.8 Å². The standard InChI is InChI=1S/C26H45N3O/c1-23(2)26(30)12-10-8-6-5-7-9-11-17-28(4)22-24-13-15-25(16-14-24)29-20-18-27(3)19-21-29/h13-16,23H,5-12,17-22H2,1-4H3. The maximum absolute atomic E-state index is 11.6. The van der Waals surface area contributed by atoms with E-state index in [9.17, 15) is 4.79 Å². The Bertz CT molecular complexity index is 591. The Morgan fingerprint density at radius 1 is 0.900 bits per heavy atom. The topological polar surface area (TPSA) is 26.8 Å². The van der Waals surface area contributed by atoms with Gasteiger partial charge in [-0.05, 0) is 51.2 Å². The summed E-state index contributed by atoms with van der Waals surface area (Å²) in [6.07, 6.45) is 9.58. The van der Waals surface area contributed by atoms with Crippen molar-refractivity contribution in [2.75, 3.05) is 51.7 Å². The van der Waals surface area contributed by atoms with Crippen LogP contribution in [-0.2, 0) is 11.3 Å².